The number of alkyl halides is 3. The van der Waals surface area contributed by atoms with Crippen LogP contribution in [0.1, 0.15) is 34.2 Å². The molecule has 0 aliphatic carbocycles. The zero-order valence-electron chi connectivity index (χ0n) is 19.2. The van der Waals surface area contributed by atoms with E-state index in [1.807, 2.05) is 24.3 Å². The van der Waals surface area contributed by atoms with Gasteiger partial charge in [0, 0.05) is 37.4 Å². The quantitative estimate of drug-likeness (QED) is 0.549. The number of piperazine rings is 1. The van der Waals surface area contributed by atoms with Crippen LogP contribution in [0, 0.1) is 0 Å². The fourth-order valence-corrected chi connectivity index (χ4v) is 3.93. The van der Waals surface area contributed by atoms with Crippen LogP contribution in [0.15, 0.2) is 48.5 Å². The third-order valence-electron chi connectivity index (χ3n) is 5.83. The molecule has 1 aromatic heterocycles. The molecule has 8 nitrogen and oxygen atoms in total. The Kier molecular flexibility index (Phi) is 7.15. The maximum Gasteiger partial charge on any atom is 0.416 e. The van der Waals surface area contributed by atoms with Crippen LogP contribution in [0.3, 0.4) is 0 Å². The number of amides is 1. The molecule has 4 rings (SSSR count). The van der Waals surface area contributed by atoms with Crippen LogP contribution in [0.2, 0.25) is 0 Å². The molecular formula is C24H26F3N7O. The number of nitrogens with one attached hydrogen (secondary N) is 1. The SMILES string of the molecule is CCc1ccccc1Nc1nc(N)nc(CN2CCN(C(=O)c3ccc(C(F)(F)F)cc3)CC2)n1. The first-order valence-electron chi connectivity index (χ1n) is 11.3. The molecule has 2 heterocycles. The molecule has 184 valence electrons. The number of halogens is 3. The van der Waals surface area contributed by atoms with E-state index in [2.05, 4.69) is 32.1 Å². The minimum absolute atomic E-state index is 0.114. The predicted octanol–water partition coefficient (Wildman–Crippen LogP) is 3.74. The normalized spacial score (nSPS) is 14.7. The van der Waals surface area contributed by atoms with Gasteiger partial charge in [0.1, 0.15) is 5.82 Å². The Bertz CT molecular complexity index is 1180. The topological polar surface area (TPSA) is 100 Å². The maximum atomic E-state index is 12.8. The molecule has 3 N–H and O–H groups in total. The molecule has 0 bridgehead atoms. The van der Waals surface area contributed by atoms with Gasteiger partial charge < -0.3 is 16.0 Å². The van der Waals surface area contributed by atoms with Crippen molar-refractivity contribution in [2.75, 3.05) is 37.2 Å². The molecule has 1 aliphatic rings. The summed E-state index contributed by atoms with van der Waals surface area (Å²) in [6, 6.07) is 12.2. The lowest BCUT2D eigenvalue weighted by atomic mass is 10.1. The van der Waals surface area contributed by atoms with Crippen LogP contribution < -0.4 is 11.1 Å². The summed E-state index contributed by atoms with van der Waals surface area (Å²) in [7, 11) is 0. The molecule has 35 heavy (non-hydrogen) atoms. The fourth-order valence-electron chi connectivity index (χ4n) is 3.93. The van der Waals surface area contributed by atoms with Gasteiger partial charge in [-0.15, -0.1) is 0 Å². The first-order valence-corrected chi connectivity index (χ1v) is 11.3. The first-order chi connectivity index (χ1) is 16.7. The maximum absolute atomic E-state index is 12.8. The summed E-state index contributed by atoms with van der Waals surface area (Å²) in [4.78, 5) is 29.4. The van der Waals surface area contributed by atoms with E-state index in [1.165, 1.54) is 12.1 Å². The summed E-state index contributed by atoms with van der Waals surface area (Å²) in [5.41, 5.74) is 7.40. The van der Waals surface area contributed by atoms with E-state index in [0.29, 0.717) is 44.5 Å². The van der Waals surface area contributed by atoms with Gasteiger partial charge in [-0.05, 0) is 42.3 Å². The van der Waals surface area contributed by atoms with Gasteiger partial charge in [-0.2, -0.15) is 28.1 Å². The van der Waals surface area contributed by atoms with E-state index in [4.69, 9.17) is 5.73 Å². The minimum atomic E-state index is -4.43. The van der Waals surface area contributed by atoms with Gasteiger partial charge >= 0.3 is 6.18 Å². The number of anilines is 3. The third kappa shape index (κ3) is 6.04. The molecule has 0 spiro atoms. The molecule has 0 unspecified atom stereocenters. The standard InChI is InChI=1S/C24H26F3N7O/c1-2-16-5-3-4-6-19(16)29-23-31-20(30-22(28)32-23)15-33-11-13-34(14-12-33)21(35)17-7-9-18(10-8-17)24(25,26)27/h3-10H,2,11-15H2,1H3,(H3,28,29,30,31,32). The van der Waals surface area contributed by atoms with Gasteiger partial charge in [0.2, 0.25) is 11.9 Å². The number of nitrogen functional groups attached to an aromatic ring is 1. The number of carbonyl (C=O) groups is 1. The predicted molar refractivity (Wildman–Crippen MR) is 126 cm³/mol. The summed E-state index contributed by atoms with van der Waals surface area (Å²) in [6.45, 7) is 4.51. The highest BCUT2D eigenvalue weighted by atomic mass is 19.4. The number of nitrogens with zero attached hydrogens (tertiary/aromatic N) is 5. The van der Waals surface area contributed by atoms with Crippen molar-refractivity contribution >= 4 is 23.5 Å². The van der Waals surface area contributed by atoms with Crippen LogP contribution in [0.25, 0.3) is 0 Å². The molecule has 0 saturated carbocycles. The molecule has 3 aromatic rings. The van der Waals surface area contributed by atoms with E-state index < -0.39 is 11.7 Å². The van der Waals surface area contributed by atoms with Crippen molar-refractivity contribution in [2.45, 2.75) is 26.1 Å². The molecule has 1 saturated heterocycles. The van der Waals surface area contributed by atoms with Gasteiger partial charge in [-0.3, -0.25) is 9.69 Å². The Morgan fingerprint density at radius 2 is 1.69 bits per heavy atom. The Morgan fingerprint density at radius 3 is 2.34 bits per heavy atom. The highest BCUT2D eigenvalue weighted by molar-refractivity contribution is 5.94. The molecular weight excluding hydrogens is 459 g/mol. The number of aromatic nitrogens is 3. The lowest BCUT2D eigenvalue weighted by Gasteiger charge is -2.34. The van der Waals surface area contributed by atoms with Crippen molar-refractivity contribution in [2.24, 2.45) is 0 Å². The Labute approximate surface area is 201 Å². The second-order valence-electron chi connectivity index (χ2n) is 8.21. The molecule has 0 radical (unpaired) electrons. The second kappa shape index (κ2) is 10.3. The number of rotatable bonds is 6. The molecule has 11 heteroatoms. The Hall–Kier alpha value is -3.73. The Morgan fingerprint density at radius 1 is 1.00 bits per heavy atom. The van der Waals surface area contributed by atoms with Gasteiger partial charge in [0.05, 0.1) is 12.1 Å². The van der Waals surface area contributed by atoms with Crippen molar-refractivity contribution < 1.29 is 18.0 Å². The van der Waals surface area contributed by atoms with Crippen molar-refractivity contribution in [1.29, 1.82) is 0 Å². The number of hydrogen-bond donors (Lipinski definition) is 2. The summed E-state index contributed by atoms with van der Waals surface area (Å²) < 4.78 is 38.3. The average molecular weight is 486 g/mol. The van der Waals surface area contributed by atoms with E-state index in [9.17, 15) is 18.0 Å². The number of benzene rings is 2. The van der Waals surface area contributed by atoms with Gasteiger partial charge in [-0.25, -0.2) is 0 Å². The van der Waals surface area contributed by atoms with Crippen LogP contribution in [-0.4, -0.2) is 56.8 Å². The van der Waals surface area contributed by atoms with Crippen molar-refractivity contribution in [3.8, 4) is 0 Å². The number of carbonyl (C=O) groups excluding carboxylic acids is 1. The van der Waals surface area contributed by atoms with Crippen molar-refractivity contribution in [1.82, 2.24) is 24.8 Å². The van der Waals surface area contributed by atoms with Gasteiger partial charge in [0.15, 0.2) is 0 Å². The summed E-state index contributed by atoms with van der Waals surface area (Å²) in [5, 5.41) is 3.21. The number of para-hydroxylation sites is 1. The largest absolute Gasteiger partial charge is 0.416 e. The van der Waals surface area contributed by atoms with Crippen LogP contribution in [0.4, 0.5) is 30.8 Å². The summed E-state index contributed by atoms with van der Waals surface area (Å²) in [5.74, 6) is 0.701. The van der Waals surface area contributed by atoms with Crippen molar-refractivity contribution in [3.63, 3.8) is 0 Å². The van der Waals surface area contributed by atoms with E-state index >= 15 is 0 Å². The van der Waals surface area contributed by atoms with E-state index in [0.717, 1.165) is 29.8 Å². The molecule has 1 aliphatic heterocycles. The third-order valence-corrected chi connectivity index (χ3v) is 5.83. The number of nitrogens with two attached hydrogens (primary N) is 1. The van der Waals surface area contributed by atoms with Crippen LogP contribution in [-0.2, 0) is 19.1 Å². The second-order valence-corrected chi connectivity index (χ2v) is 8.21. The minimum Gasteiger partial charge on any atom is -0.368 e. The molecule has 0 atom stereocenters. The summed E-state index contributed by atoms with van der Waals surface area (Å²) in [6.07, 6.45) is -3.58. The molecule has 1 amide bonds. The molecule has 1 fully saturated rings. The van der Waals surface area contributed by atoms with Gasteiger partial charge in [0.25, 0.3) is 5.91 Å². The van der Waals surface area contributed by atoms with Crippen LogP contribution in [0.5, 0.6) is 0 Å². The smallest absolute Gasteiger partial charge is 0.368 e. The lowest BCUT2D eigenvalue weighted by molar-refractivity contribution is -0.137. The first kappa shape index (κ1) is 24.4. The lowest BCUT2D eigenvalue weighted by Crippen LogP contribution is -2.48. The summed E-state index contributed by atoms with van der Waals surface area (Å²) >= 11 is 0. The highest BCUT2D eigenvalue weighted by Gasteiger charge is 2.31. The van der Waals surface area contributed by atoms with Crippen LogP contribution >= 0.6 is 0 Å². The zero-order valence-corrected chi connectivity index (χ0v) is 19.2. The average Bonchev–Trinajstić information content (AvgIpc) is 2.83. The number of aryl methyl sites for hydroxylation is 1. The van der Waals surface area contributed by atoms with E-state index in [1.54, 1.807) is 4.90 Å². The van der Waals surface area contributed by atoms with Gasteiger partial charge in [-0.1, -0.05) is 25.1 Å². The highest BCUT2D eigenvalue weighted by Crippen LogP contribution is 2.29. The Balaban J connectivity index is 1.36. The van der Waals surface area contributed by atoms with Crippen molar-refractivity contribution in [3.05, 3.63) is 71.0 Å². The van der Waals surface area contributed by atoms with E-state index in [-0.39, 0.29) is 17.4 Å². The monoisotopic (exact) mass is 485 g/mol. The zero-order chi connectivity index (χ0) is 25.0. The number of hydrogen-bond acceptors (Lipinski definition) is 7. The fraction of sp³-hybridized carbons (Fsp3) is 0.333. The molecule has 2 aromatic carbocycles.